The zero-order chi connectivity index (χ0) is 23.4. The lowest BCUT2D eigenvalue weighted by Gasteiger charge is -2.15. The number of nitrogens with one attached hydrogen (secondary N) is 1. The van der Waals surface area contributed by atoms with E-state index < -0.39 is 23.0 Å². The van der Waals surface area contributed by atoms with Crippen LogP contribution in [0.4, 0.5) is 14.5 Å². The Kier molecular flexibility index (Phi) is 6.44. The Hall–Kier alpha value is -4.07. The quantitative estimate of drug-likeness (QED) is 0.308. The highest BCUT2D eigenvalue weighted by Crippen LogP contribution is 2.25. The van der Waals surface area contributed by atoms with Gasteiger partial charge in [0.2, 0.25) is 0 Å². The van der Waals surface area contributed by atoms with Crippen LogP contribution in [0.15, 0.2) is 71.7 Å². The van der Waals surface area contributed by atoms with Crippen molar-refractivity contribution in [3.8, 4) is 0 Å². The lowest BCUT2D eigenvalue weighted by molar-refractivity contribution is 0.0976. The number of pyridine rings is 2. The number of carbonyl (C=O) groups is 1. The van der Waals surface area contributed by atoms with Crippen molar-refractivity contribution >= 4 is 22.5 Å². The molecule has 2 heterocycles. The second-order valence-corrected chi connectivity index (χ2v) is 7.56. The summed E-state index contributed by atoms with van der Waals surface area (Å²) >= 11 is 0. The van der Waals surface area contributed by atoms with Gasteiger partial charge in [-0.15, -0.1) is 4.73 Å². The molecule has 0 saturated carbocycles. The minimum absolute atomic E-state index is 0.0193. The molecule has 4 aromatic rings. The lowest BCUT2D eigenvalue weighted by atomic mass is 10.0. The Labute approximate surface area is 188 Å². The molecule has 0 bridgehead atoms. The number of anilines is 1. The highest BCUT2D eigenvalue weighted by Gasteiger charge is 2.23. The average Bonchev–Trinajstić information content (AvgIpc) is 2.82. The van der Waals surface area contributed by atoms with Gasteiger partial charge < -0.3 is 10.5 Å². The maximum absolute atomic E-state index is 14.0. The third-order valence-corrected chi connectivity index (χ3v) is 5.39. The standard InChI is InChI=1S/C25H21F2N3O3/c26-18-10-8-17(20(27)15-18)9-11-21(31)22-23(28-14-12-16-5-2-1-3-6-16)19-7-4-13-29-24(19)30(33)25(22)32/h1-8,10,13,15,28,33H,9,11-12,14H2. The molecule has 8 heteroatoms. The number of hydrogen-bond acceptors (Lipinski definition) is 5. The van der Waals surface area contributed by atoms with Crippen LogP contribution in [0.3, 0.4) is 0 Å². The van der Waals surface area contributed by atoms with E-state index in [0.29, 0.717) is 23.1 Å². The van der Waals surface area contributed by atoms with Gasteiger partial charge >= 0.3 is 0 Å². The van der Waals surface area contributed by atoms with Crippen molar-refractivity contribution in [3.63, 3.8) is 0 Å². The largest absolute Gasteiger partial charge is 0.423 e. The second kappa shape index (κ2) is 9.60. The summed E-state index contributed by atoms with van der Waals surface area (Å²) in [6.07, 6.45) is 1.85. The number of hydrogen-bond donors (Lipinski definition) is 2. The fraction of sp³-hybridized carbons (Fsp3) is 0.160. The molecule has 0 fully saturated rings. The zero-order valence-electron chi connectivity index (χ0n) is 17.6. The van der Waals surface area contributed by atoms with Crippen molar-refractivity contribution in [3.05, 3.63) is 106 Å². The molecule has 2 N–H and O–H groups in total. The van der Waals surface area contributed by atoms with Gasteiger partial charge in [0.1, 0.15) is 17.2 Å². The summed E-state index contributed by atoms with van der Waals surface area (Å²) in [7, 11) is 0. The number of Topliss-reactive ketones (excluding diaryl/α,β-unsaturated/α-hetero) is 1. The molecular formula is C25H21F2N3O3. The molecule has 2 aromatic heterocycles. The molecule has 0 saturated heterocycles. The number of fused-ring (bicyclic) bond motifs is 1. The topological polar surface area (TPSA) is 84.2 Å². The zero-order valence-corrected chi connectivity index (χ0v) is 17.6. The fourth-order valence-electron chi connectivity index (χ4n) is 3.72. The van der Waals surface area contributed by atoms with Gasteiger partial charge in [-0.3, -0.25) is 9.59 Å². The minimum atomic E-state index is -0.909. The molecule has 0 radical (unpaired) electrons. The summed E-state index contributed by atoms with van der Waals surface area (Å²) in [5.74, 6) is -2.04. The molecule has 168 valence electrons. The van der Waals surface area contributed by atoms with Gasteiger partial charge in [0.25, 0.3) is 5.56 Å². The van der Waals surface area contributed by atoms with Gasteiger partial charge in [-0.2, -0.15) is 0 Å². The van der Waals surface area contributed by atoms with Crippen LogP contribution in [0.25, 0.3) is 11.0 Å². The van der Waals surface area contributed by atoms with Crippen molar-refractivity contribution in [2.24, 2.45) is 0 Å². The fourth-order valence-corrected chi connectivity index (χ4v) is 3.72. The van der Waals surface area contributed by atoms with E-state index in [-0.39, 0.29) is 35.3 Å². The van der Waals surface area contributed by atoms with E-state index in [1.807, 2.05) is 30.3 Å². The predicted molar refractivity (Wildman–Crippen MR) is 121 cm³/mol. The molecular weight excluding hydrogens is 428 g/mol. The van der Waals surface area contributed by atoms with Crippen LogP contribution in [0.2, 0.25) is 0 Å². The third kappa shape index (κ3) is 4.74. The smallest absolute Gasteiger partial charge is 0.297 e. The highest BCUT2D eigenvalue weighted by molar-refractivity contribution is 6.07. The van der Waals surface area contributed by atoms with Gasteiger partial charge in [0.05, 0.1) is 5.69 Å². The Balaban J connectivity index is 1.66. The molecule has 0 unspecified atom stereocenters. The van der Waals surface area contributed by atoms with E-state index in [1.54, 1.807) is 12.1 Å². The number of ketones is 1. The Morgan fingerprint density at radius 2 is 1.82 bits per heavy atom. The van der Waals surface area contributed by atoms with Crippen LogP contribution in [0.5, 0.6) is 0 Å². The van der Waals surface area contributed by atoms with Crippen molar-refractivity contribution in [1.82, 2.24) is 9.71 Å². The summed E-state index contributed by atoms with van der Waals surface area (Å²) < 4.78 is 27.5. The number of nitrogens with zero attached hydrogens (tertiary/aromatic N) is 2. The van der Waals surface area contributed by atoms with Gasteiger partial charge in [0.15, 0.2) is 11.4 Å². The molecule has 0 spiro atoms. The Bertz CT molecular complexity index is 1370. The summed E-state index contributed by atoms with van der Waals surface area (Å²) in [6.45, 7) is 0.426. The van der Waals surface area contributed by atoms with Crippen molar-refractivity contribution in [2.45, 2.75) is 19.3 Å². The molecule has 0 aliphatic rings. The number of rotatable bonds is 8. The summed E-state index contributed by atoms with van der Waals surface area (Å²) in [4.78, 5) is 30.0. The maximum atomic E-state index is 14.0. The first kappa shape index (κ1) is 22.1. The highest BCUT2D eigenvalue weighted by atomic mass is 19.1. The number of aryl methyl sites for hydroxylation is 1. The molecule has 0 aliphatic heterocycles. The minimum Gasteiger partial charge on any atom is -0.423 e. The molecule has 4 rings (SSSR count). The average molecular weight is 449 g/mol. The molecule has 33 heavy (non-hydrogen) atoms. The first-order valence-corrected chi connectivity index (χ1v) is 10.4. The van der Waals surface area contributed by atoms with Gasteiger partial charge in [-0.1, -0.05) is 36.4 Å². The van der Waals surface area contributed by atoms with Crippen molar-refractivity contribution in [2.75, 3.05) is 11.9 Å². The van der Waals surface area contributed by atoms with Crippen LogP contribution in [0.1, 0.15) is 27.9 Å². The molecule has 0 amide bonds. The van der Waals surface area contributed by atoms with Crippen LogP contribution in [0, 0.1) is 11.6 Å². The molecule has 0 atom stereocenters. The van der Waals surface area contributed by atoms with Crippen molar-refractivity contribution in [1.29, 1.82) is 0 Å². The number of carbonyl (C=O) groups excluding carboxylic acids is 1. The van der Waals surface area contributed by atoms with Crippen LogP contribution >= 0.6 is 0 Å². The summed E-state index contributed by atoms with van der Waals surface area (Å²) in [5, 5.41) is 13.9. The SMILES string of the molecule is O=C(CCc1ccc(F)cc1F)c1c(NCCc2ccccc2)c2cccnc2n(O)c1=O. The lowest BCUT2D eigenvalue weighted by Crippen LogP contribution is -2.28. The Morgan fingerprint density at radius 1 is 1.03 bits per heavy atom. The molecule has 0 aliphatic carbocycles. The van der Waals surface area contributed by atoms with Crippen LogP contribution in [-0.4, -0.2) is 27.2 Å². The van der Waals surface area contributed by atoms with Gasteiger partial charge in [0, 0.05) is 30.6 Å². The van der Waals surface area contributed by atoms with Crippen LogP contribution < -0.4 is 10.9 Å². The summed E-state index contributed by atoms with van der Waals surface area (Å²) in [5.41, 5.74) is 0.388. The summed E-state index contributed by atoms with van der Waals surface area (Å²) in [6, 6.07) is 16.1. The molecule has 6 nitrogen and oxygen atoms in total. The number of benzene rings is 2. The molecule has 2 aromatic carbocycles. The Morgan fingerprint density at radius 3 is 2.58 bits per heavy atom. The van der Waals surface area contributed by atoms with E-state index >= 15 is 0 Å². The van der Waals surface area contributed by atoms with E-state index in [2.05, 4.69) is 10.3 Å². The van der Waals surface area contributed by atoms with Gasteiger partial charge in [-0.25, -0.2) is 13.8 Å². The van der Waals surface area contributed by atoms with E-state index in [4.69, 9.17) is 0 Å². The van der Waals surface area contributed by atoms with Crippen molar-refractivity contribution < 1.29 is 18.8 Å². The van der Waals surface area contributed by atoms with Gasteiger partial charge in [-0.05, 0) is 42.2 Å². The van der Waals surface area contributed by atoms with Crippen LogP contribution in [-0.2, 0) is 12.8 Å². The number of aromatic nitrogens is 2. The first-order valence-electron chi connectivity index (χ1n) is 10.4. The number of halogens is 2. The van der Waals surface area contributed by atoms with E-state index in [0.717, 1.165) is 17.7 Å². The third-order valence-electron chi connectivity index (χ3n) is 5.39. The van der Waals surface area contributed by atoms with E-state index in [1.165, 1.54) is 12.3 Å². The predicted octanol–water partition coefficient (Wildman–Crippen LogP) is 4.38. The monoisotopic (exact) mass is 449 g/mol. The normalized spacial score (nSPS) is 11.0. The first-order chi connectivity index (χ1) is 16.0. The van der Waals surface area contributed by atoms with E-state index in [9.17, 15) is 23.6 Å². The maximum Gasteiger partial charge on any atom is 0.297 e. The second-order valence-electron chi connectivity index (χ2n) is 7.56.